The van der Waals surface area contributed by atoms with Crippen molar-refractivity contribution in [1.82, 2.24) is 4.98 Å². The highest BCUT2D eigenvalue weighted by molar-refractivity contribution is 5.47. The third-order valence-electron chi connectivity index (χ3n) is 2.62. The molecule has 0 aliphatic heterocycles. The van der Waals surface area contributed by atoms with Gasteiger partial charge in [-0.2, -0.15) is 0 Å². The van der Waals surface area contributed by atoms with Crippen LogP contribution >= 0.6 is 0 Å². The van der Waals surface area contributed by atoms with Gasteiger partial charge in [-0.25, -0.2) is 4.98 Å². The molecule has 1 aromatic heterocycles. The van der Waals surface area contributed by atoms with Crippen LogP contribution in [0.1, 0.15) is 5.56 Å². The lowest BCUT2D eigenvalue weighted by atomic mass is 10.2. The average Bonchev–Trinajstić information content (AvgIpc) is 2.46. The Morgan fingerprint density at radius 2 is 1.83 bits per heavy atom. The summed E-state index contributed by atoms with van der Waals surface area (Å²) in [6.45, 7) is 0.670. The second-order valence-electron chi connectivity index (χ2n) is 3.75. The SMILES string of the molecule is COc1ccc(NCc2cccnc2OC)cc1. The van der Waals surface area contributed by atoms with Crippen molar-refractivity contribution in [1.29, 1.82) is 0 Å². The van der Waals surface area contributed by atoms with Gasteiger partial charge < -0.3 is 14.8 Å². The van der Waals surface area contributed by atoms with E-state index in [-0.39, 0.29) is 0 Å². The van der Waals surface area contributed by atoms with Crippen LogP contribution in [0.15, 0.2) is 42.6 Å². The van der Waals surface area contributed by atoms with Crippen LogP contribution in [0.5, 0.6) is 11.6 Å². The molecule has 0 atom stereocenters. The molecular weight excluding hydrogens is 228 g/mol. The Bertz CT molecular complexity index is 497. The molecule has 0 radical (unpaired) electrons. The summed E-state index contributed by atoms with van der Waals surface area (Å²) in [6.07, 6.45) is 1.72. The van der Waals surface area contributed by atoms with Gasteiger partial charge in [-0.15, -0.1) is 0 Å². The van der Waals surface area contributed by atoms with Crippen LogP contribution in [0.3, 0.4) is 0 Å². The summed E-state index contributed by atoms with van der Waals surface area (Å²) in [7, 11) is 3.28. The van der Waals surface area contributed by atoms with E-state index < -0.39 is 0 Å². The van der Waals surface area contributed by atoms with Gasteiger partial charge in [0.1, 0.15) is 5.75 Å². The van der Waals surface area contributed by atoms with Crippen LogP contribution in [-0.4, -0.2) is 19.2 Å². The first-order chi connectivity index (χ1) is 8.83. The van der Waals surface area contributed by atoms with Gasteiger partial charge >= 0.3 is 0 Å². The number of hydrogen-bond donors (Lipinski definition) is 1. The number of anilines is 1. The highest BCUT2D eigenvalue weighted by Crippen LogP contribution is 2.18. The monoisotopic (exact) mass is 244 g/mol. The second kappa shape index (κ2) is 5.91. The molecular formula is C14H16N2O2. The topological polar surface area (TPSA) is 43.4 Å². The molecule has 1 heterocycles. The van der Waals surface area contributed by atoms with Crippen LogP contribution in [0.2, 0.25) is 0 Å². The number of methoxy groups -OCH3 is 2. The van der Waals surface area contributed by atoms with Crippen molar-refractivity contribution in [2.45, 2.75) is 6.54 Å². The first-order valence-corrected chi connectivity index (χ1v) is 5.69. The summed E-state index contributed by atoms with van der Waals surface area (Å²) in [5, 5.41) is 3.31. The van der Waals surface area contributed by atoms with Crippen LogP contribution in [0.25, 0.3) is 0 Å². The third kappa shape index (κ3) is 2.91. The lowest BCUT2D eigenvalue weighted by Crippen LogP contribution is -2.02. The number of ether oxygens (including phenoxy) is 2. The summed E-state index contributed by atoms with van der Waals surface area (Å²) in [5.41, 5.74) is 2.05. The third-order valence-corrected chi connectivity index (χ3v) is 2.62. The molecule has 0 saturated heterocycles. The summed E-state index contributed by atoms with van der Waals surface area (Å²) in [6, 6.07) is 11.7. The highest BCUT2D eigenvalue weighted by atomic mass is 16.5. The molecule has 2 rings (SSSR count). The van der Waals surface area contributed by atoms with Crippen LogP contribution in [0, 0.1) is 0 Å². The maximum absolute atomic E-state index is 5.20. The molecule has 0 bridgehead atoms. The van der Waals surface area contributed by atoms with Gasteiger partial charge in [0.2, 0.25) is 5.88 Å². The Labute approximate surface area is 107 Å². The molecule has 0 amide bonds. The summed E-state index contributed by atoms with van der Waals surface area (Å²) < 4.78 is 10.3. The first kappa shape index (κ1) is 12.2. The summed E-state index contributed by atoms with van der Waals surface area (Å²) >= 11 is 0. The van der Waals surface area contributed by atoms with Crippen molar-refractivity contribution in [2.24, 2.45) is 0 Å². The van der Waals surface area contributed by atoms with Gasteiger partial charge in [0.05, 0.1) is 14.2 Å². The Balaban J connectivity index is 2.02. The van der Waals surface area contributed by atoms with Gasteiger partial charge in [-0.05, 0) is 30.3 Å². The number of benzene rings is 1. The number of nitrogens with zero attached hydrogens (tertiary/aromatic N) is 1. The zero-order valence-corrected chi connectivity index (χ0v) is 10.5. The smallest absolute Gasteiger partial charge is 0.218 e. The number of pyridine rings is 1. The van der Waals surface area contributed by atoms with Crippen LogP contribution in [0.4, 0.5) is 5.69 Å². The Morgan fingerprint density at radius 1 is 1.06 bits per heavy atom. The molecule has 4 heteroatoms. The summed E-state index contributed by atoms with van der Waals surface area (Å²) in [4.78, 5) is 4.15. The number of aromatic nitrogens is 1. The zero-order valence-electron chi connectivity index (χ0n) is 10.5. The number of rotatable bonds is 5. The predicted molar refractivity (Wildman–Crippen MR) is 71.1 cm³/mol. The van der Waals surface area contributed by atoms with Gasteiger partial charge in [-0.1, -0.05) is 6.07 Å². The lowest BCUT2D eigenvalue weighted by molar-refractivity contribution is 0.393. The van der Waals surface area contributed by atoms with E-state index in [1.165, 1.54) is 0 Å². The number of nitrogens with one attached hydrogen (secondary N) is 1. The molecule has 1 aromatic carbocycles. The van der Waals surface area contributed by atoms with Crippen molar-refractivity contribution in [3.63, 3.8) is 0 Å². The quantitative estimate of drug-likeness (QED) is 0.878. The molecule has 0 aliphatic carbocycles. The minimum absolute atomic E-state index is 0.651. The van der Waals surface area contributed by atoms with Gasteiger partial charge in [-0.3, -0.25) is 0 Å². The predicted octanol–water partition coefficient (Wildman–Crippen LogP) is 2.71. The first-order valence-electron chi connectivity index (χ1n) is 5.69. The average molecular weight is 244 g/mol. The van der Waals surface area contributed by atoms with E-state index >= 15 is 0 Å². The Hall–Kier alpha value is -2.23. The molecule has 0 aliphatic rings. The van der Waals surface area contributed by atoms with Crippen LogP contribution in [-0.2, 0) is 6.54 Å². The molecule has 4 nitrogen and oxygen atoms in total. The van der Waals surface area contributed by atoms with Gasteiger partial charge in [0.15, 0.2) is 0 Å². The molecule has 0 saturated carbocycles. The van der Waals surface area contributed by atoms with Crippen molar-refractivity contribution in [3.05, 3.63) is 48.2 Å². The standard InChI is InChI=1S/C14H16N2O2/c1-17-13-7-5-12(6-8-13)16-10-11-4-3-9-15-14(11)18-2/h3-9,16H,10H2,1-2H3. The largest absolute Gasteiger partial charge is 0.497 e. The van der Waals surface area contributed by atoms with E-state index in [2.05, 4.69) is 10.3 Å². The molecule has 18 heavy (non-hydrogen) atoms. The fourth-order valence-corrected chi connectivity index (χ4v) is 1.65. The molecule has 0 unspecified atom stereocenters. The van der Waals surface area contributed by atoms with Crippen molar-refractivity contribution < 1.29 is 9.47 Å². The van der Waals surface area contributed by atoms with E-state index in [0.29, 0.717) is 12.4 Å². The van der Waals surface area contributed by atoms with Gasteiger partial charge in [0.25, 0.3) is 0 Å². The van der Waals surface area contributed by atoms with E-state index in [9.17, 15) is 0 Å². The second-order valence-corrected chi connectivity index (χ2v) is 3.75. The summed E-state index contributed by atoms with van der Waals surface area (Å²) in [5.74, 6) is 1.50. The molecule has 2 aromatic rings. The number of hydrogen-bond acceptors (Lipinski definition) is 4. The van der Waals surface area contributed by atoms with Crippen molar-refractivity contribution >= 4 is 5.69 Å². The van der Waals surface area contributed by atoms with E-state index in [0.717, 1.165) is 17.0 Å². The highest BCUT2D eigenvalue weighted by Gasteiger charge is 2.02. The Morgan fingerprint density at radius 3 is 2.50 bits per heavy atom. The van der Waals surface area contributed by atoms with Crippen molar-refractivity contribution in [3.8, 4) is 11.6 Å². The fourth-order valence-electron chi connectivity index (χ4n) is 1.65. The molecule has 94 valence electrons. The van der Waals surface area contributed by atoms with Crippen LogP contribution < -0.4 is 14.8 Å². The minimum Gasteiger partial charge on any atom is -0.497 e. The Kier molecular flexibility index (Phi) is 4.02. The maximum atomic E-state index is 5.20. The molecule has 1 N–H and O–H groups in total. The normalized spacial score (nSPS) is 9.89. The van der Waals surface area contributed by atoms with E-state index in [4.69, 9.17) is 9.47 Å². The fraction of sp³-hybridized carbons (Fsp3) is 0.214. The molecule has 0 spiro atoms. The minimum atomic E-state index is 0.651. The van der Waals surface area contributed by atoms with Gasteiger partial charge in [0, 0.05) is 24.0 Å². The zero-order chi connectivity index (χ0) is 12.8. The van der Waals surface area contributed by atoms with E-state index in [1.807, 2.05) is 36.4 Å². The van der Waals surface area contributed by atoms with E-state index in [1.54, 1.807) is 20.4 Å². The van der Waals surface area contributed by atoms with Crippen molar-refractivity contribution in [2.75, 3.05) is 19.5 Å². The lowest BCUT2D eigenvalue weighted by Gasteiger charge is -2.09. The maximum Gasteiger partial charge on any atom is 0.218 e. The molecule has 0 fully saturated rings.